The van der Waals surface area contributed by atoms with Crippen molar-refractivity contribution in [2.45, 2.75) is 0 Å². The molecule has 0 aliphatic rings. The molecule has 3 aromatic rings. The second kappa shape index (κ2) is 5.19. The highest BCUT2D eigenvalue weighted by Gasteiger charge is 2.21. The number of thiophene rings is 1. The number of methoxy groups -OCH3 is 1. The molecule has 4 nitrogen and oxygen atoms in total. The van der Waals surface area contributed by atoms with Gasteiger partial charge in [0.1, 0.15) is 5.75 Å². The summed E-state index contributed by atoms with van der Waals surface area (Å²) < 4.78 is 10.7. The van der Waals surface area contributed by atoms with Crippen LogP contribution in [0.5, 0.6) is 5.75 Å². The summed E-state index contributed by atoms with van der Waals surface area (Å²) in [4.78, 5) is 0.987. The molecule has 0 saturated heterocycles. The zero-order chi connectivity index (χ0) is 14.1. The van der Waals surface area contributed by atoms with E-state index in [9.17, 15) is 0 Å². The molecule has 0 bridgehead atoms. The third-order valence-corrected chi connectivity index (χ3v) is 4.01. The summed E-state index contributed by atoms with van der Waals surface area (Å²) in [6, 6.07) is 9.24. The maximum Gasteiger partial charge on any atom is 0.181 e. The number of hydrogen-bond donors (Lipinski definition) is 1. The average molecular weight is 307 g/mol. The molecular weight excluding hydrogens is 296 g/mol. The molecule has 3 rings (SSSR count). The van der Waals surface area contributed by atoms with Crippen molar-refractivity contribution in [3.05, 3.63) is 40.7 Å². The zero-order valence-corrected chi connectivity index (χ0v) is 12.2. The Hall–Kier alpha value is -1.98. The van der Waals surface area contributed by atoms with Gasteiger partial charge in [0.15, 0.2) is 11.6 Å². The van der Waals surface area contributed by atoms with Crippen molar-refractivity contribution < 1.29 is 9.26 Å². The summed E-state index contributed by atoms with van der Waals surface area (Å²) in [5.41, 5.74) is 7.42. The van der Waals surface area contributed by atoms with Crippen molar-refractivity contribution in [3.8, 4) is 27.5 Å². The fourth-order valence-electron chi connectivity index (χ4n) is 2.00. The van der Waals surface area contributed by atoms with Gasteiger partial charge in [-0.1, -0.05) is 22.8 Å². The predicted molar refractivity (Wildman–Crippen MR) is 81.2 cm³/mol. The van der Waals surface area contributed by atoms with Crippen LogP contribution in [0.2, 0.25) is 5.02 Å². The van der Waals surface area contributed by atoms with Crippen LogP contribution in [0.4, 0.5) is 5.82 Å². The van der Waals surface area contributed by atoms with Gasteiger partial charge in [-0.15, -0.1) is 11.3 Å². The number of hydrogen-bond acceptors (Lipinski definition) is 5. The zero-order valence-electron chi connectivity index (χ0n) is 10.6. The molecule has 0 radical (unpaired) electrons. The molecule has 2 heterocycles. The van der Waals surface area contributed by atoms with Gasteiger partial charge >= 0.3 is 0 Å². The van der Waals surface area contributed by atoms with E-state index in [0.717, 1.165) is 16.0 Å². The van der Waals surface area contributed by atoms with Gasteiger partial charge in [-0.05, 0) is 29.6 Å². The highest BCUT2D eigenvalue weighted by Crippen LogP contribution is 2.42. The summed E-state index contributed by atoms with van der Waals surface area (Å²) in [6.45, 7) is 0. The SMILES string of the molecule is COc1ccc(Cl)cc1-c1onc(N)c1-c1cccs1. The van der Waals surface area contributed by atoms with Gasteiger partial charge < -0.3 is 15.0 Å². The molecule has 102 valence electrons. The van der Waals surface area contributed by atoms with E-state index in [1.54, 1.807) is 36.6 Å². The molecule has 0 atom stereocenters. The van der Waals surface area contributed by atoms with Gasteiger partial charge in [-0.3, -0.25) is 0 Å². The highest BCUT2D eigenvalue weighted by molar-refractivity contribution is 7.13. The van der Waals surface area contributed by atoms with Crippen LogP contribution in [0.3, 0.4) is 0 Å². The summed E-state index contributed by atoms with van der Waals surface area (Å²) in [6.07, 6.45) is 0. The summed E-state index contributed by atoms with van der Waals surface area (Å²) in [5, 5.41) is 6.43. The lowest BCUT2D eigenvalue weighted by molar-refractivity contribution is 0.407. The summed E-state index contributed by atoms with van der Waals surface area (Å²) >= 11 is 7.63. The van der Waals surface area contributed by atoms with Crippen LogP contribution in [0.25, 0.3) is 21.8 Å². The summed E-state index contributed by atoms with van der Waals surface area (Å²) in [7, 11) is 1.59. The third kappa shape index (κ3) is 2.15. The lowest BCUT2D eigenvalue weighted by Crippen LogP contribution is -1.90. The molecule has 6 heteroatoms. The number of halogens is 1. The van der Waals surface area contributed by atoms with Crippen molar-refractivity contribution in [2.24, 2.45) is 0 Å². The van der Waals surface area contributed by atoms with E-state index >= 15 is 0 Å². The minimum atomic E-state index is 0.351. The Balaban J connectivity index is 2.24. The third-order valence-electron chi connectivity index (χ3n) is 2.89. The smallest absolute Gasteiger partial charge is 0.181 e. The fraction of sp³-hybridized carbons (Fsp3) is 0.0714. The van der Waals surface area contributed by atoms with Crippen LogP contribution < -0.4 is 10.5 Å². The van der Waals surface area contributed by atoms with E-state index in [2.05, 4.69) is 5.16 Å². The number of benzene rings is 1. The van der Waals surface area contributed by atoms with E-state index in [4.69, 9.17) is 26.6 Å². The van der Waals surface area contributed by atoms with Crippen LogP contribution >= 0.6 is 22.9 Å². The minimum absolute atomic E-state index is 0.351. The van der Waals surface area contributed by atoms with Crippen molar-refractivity contribution in [1.82, 2.24) is 5.16 Å². The highest BCUT2D eigenvalue weighted by atomic mass is 35.5. The number of nitrogens with zero attached hydrogens (tertiary/aromatic N) is 1. The van der Waals surface area contributed by atoms with Gasteiger partial charge in [-0.25, -0.2) is 0 Å². The maximum absolute atomic E-state index is 6.06. The van der Waals surface area contributed by atoms with Gasteiger partial charge in [0.05, 0.1) is 18.2 Å². The molecule has 0 aliphatic heterocycles. The van der Waals surface area contributed by atoms with Gasteiger partial charge in [0, 0.05) is 9.90 Å². The second-order valence-electron chi connectivity index (χ2n) is 4.09. The molecule has 0 spiro atoms. The van der Waals surface area contributed by atoms with Crippen LogP contribution in [-0.4, -0.2) is 12.3 Å². The van der Waals surface area contributed by atoms with Crippen molar-refractivity contribution in [1.29, 1.82) is 0 Å². The average Bonchev–Trinajstić information content (AvgIpc) is 3.07. The number of nitrogens with two attached hydrogens (primary N) is 1. The fourth-order valence-corrected chi connectivity index (χ4v) is 2.95. The Morgan fingerprint density at radius 2 is 2.20 bits per heavy atom. The van der Waals surface area contributed by atoms with E-state index in [-0.39, 0.29) is 0 Å². The topological polar surface area (TPSA) is 61.3 Å². The lowest BCUT2D eigenvalue weighted by Gasteiger charge is -2.07. The number of ether oxygens (including phenoxy) is 1. The number of nitrogen functional groups attached to an aromatic ring is 1. The maximum atomic E-state index is 6.06. The quantitative estimate of drug-likeness (QED) is 0.783. The van der Waals surface area contributed by atoms with Crippen molar-refractivity contribution in [3.63, 3.8) is 0 Å². The van der Waals surface area contributed by atoms with E-state index in [1.807, 2.05) is 17.5 Å². The van der Waals surface area contributed by atoms with Gasteiger partial charge in [0.2, 0.25) is 0 Å². The van der Waals surface area contributed by atoms with E-state index in [1.165, 1.54) is 0 Å². The largest absolute Gasteiger partial charge is 0.496 e. The van der Waals surface area contributed by atoms with Crippen LogP contribution in [0.1, 0.15) is 0 Å². The van der Waals surface area contributed by atoms with Crippen LogP contribution in [0.15, 0.2) is 40.2 Å². The minimum Gasteiger partial charge on any atom is -0.496 e. The van der Waals surface area contributed by atoms with E-state index in [0.29, 0.717) is 22.4 Å². The molecule has 2 aromatic heterocycles. The summed E-state index contributed by atoms with van der Waals surface area (Å²) in [5.74, 6) is 1.57. The molecule has 1 aromatic carbocycles. The molecule has 0 aliphatic carbocycles. The van der Waals surface area contributed by atoms with Crippen LogP contribution in [-0.2, 0) is 0 Å². The standard InChI is InChI=1S/C14H11ClN2O2S/c1-18-10-5-4-8(15)7-9(10)13-12(14(16)17-19-13)11-3-2-6-20-11/h2-7H,1H3,(H2,16,17). The molecule has 2 N–H and O–H groups in total. The van der Waals surface area contributed by atoms with Gasteiger partial charge in [-0.2, -0.15) is 0 Å². The molecule has 0 fully saturated rings. The normalized spacial score (nSPS) is 10.7. The Morgan fingerprint density at radius 3 is 2.90 bits per heavy atom. The molecule has 0 unspecified atom stereocenters. The monoisotopic (exact) mass is 306 g/mol. The van der Waals surface area contributed by atoms with Gasteiger partial charge in [0.25, 0.3) is 0 Å². The Kier molecular flexibility index (Phi) is 3.38. The predicted octanol–water partition coefficient (Wildman–Crippen LogP) is 4.31. The first-order valence-electron chi connectivity index (χ1n) is 5.83. The van der Waals surface area contributed by atoms with E-state index < -0.39 is 0 Å². The van der Waals surface area contributed by atoms with Crippen molar-refractivity contribution >= 4 is 28.8 Å². The number of rotatable bonds is 3. The number of aromatic nitrogens is 1. The molecule has 0 amide bonds. The molecule has 20 heavy (non-hydrogen) atoms. The first-order valence-corrected chi connectivity index (χ1v) is 7.09. The Bertz CT molecular complexity index is 738. The molecular formula is C14H11ClN2O2S. The molecule has 0 saturated carbocycles. The van der Waals surface area contributed by atoms with Crippen LogP contribution in [0, 0.1) is 0 Å². The van der Waals surface area contributed by atoms with Crippen molar-refractivity contribution in [2.75, 3.05) is 12.8 Å². The number of anilines is 1. The second-order valence-corrected chi connectivity index (χ2v) is 5.48. The Morgan fingerprint density at radius 1 is 1.35 bits per heavy atom. The first kappa shape index (κ1) is 13.0. The Labute approximate surface area is 124 Å². The first-order chi connectivity index (χ1) is 9.70. The lowest BCUT2D eigenvalue weighted by atomic mass is 10.1.